The highest BCUT2D eigenvalue weighted by Crippen LogP contribution is 2.30. The predicted octanol–water partition coefficient (Wildman–Crippen LogP) is 1.27. The summed E-state index contributed by atoms with van der Waals surface area (Å²) in [7, 11) is 1.22. The van der Waals surface area contributed by atoms with Crippen LogP contribution in [0.4, 0.5) is 8.78 Å². The van der Waals surface area contributed by atoms with E-state index >= 15 is 0 Å². The lowest BCUT2D eigenvalue weighted by atomic mass is 9.96. The molecule has 0 bridgehead atoms. The molecule has 0 saturated heterocycles. The van der Waals surface area contributed by atoms with Gasteiger partial charge in [0.2, 0.25) is 0 Å². The largest absolute Gasteiger partial charge is 0.467 e. The predicted molar refractivity (Wildman–Crippen MR) is 73.8 cm³/mol. The van der Waals surface area contributed by atoms with Crippen LogP contribution in [0.3, 0.4) is 0 Å². The molecule has 2 aliphatic rings. The van der Waals surface area contributed by atoms with Crippen LogP contribution in [0.2, 0.25) is 0 Å². The van der Waals surface area contributed by atoms with Gasteiger partial charge in [-0.2, -0.15) is 0 Å². The number of nitrogens with two attached hydrogens (primary N) is 1. The van der Waals surface area contributed by atoms with Crippen molar-refractivity contribution in [3.8, 4) is 0 Å². The summed E-state index contributed by atoms with van der Waals surface area (Å²) in [5, 5.41) is 5.21. The number of alkyl halides is 1. The van der Waals surface area contributed by atoms with Gasteiger partial charge in [0.15, 0.2) is 12.1 Å². The minimum absolute atomic E-state index is 0.0439. The number of esters is 1. The Balaban J connectivity index is 2.46. The SMILES string of the molecule is COC(=O)C1NC(C2=CC=C(C)NC2F)=C(F)C(N)=C1C. The summed E-state index contributed by atoms with van der Waals surface area (Å²) in [6.07, 6.45) is 1.47. The number of carbonyl (C=O) groups excluding carboxylic acids is 1. The zero-order valence-corrected chi connectivity index (χ0v) is 12.0. The summed E-state index contributed by atoms with van der Waals surface area (Å²) in [6.45, 7) is 3.21. The molecule has 0 amide bonds. The normalized spacial score (nSPS) is 25.8. The molecule has 0 fully saturated rings. The highest BCUT2D eigenvalue weighted by molar-refractivity contribution is 5.81. The van der Waals surface area contributed by atoms with Crippen LogP contribution in [0.15, 0.2) is 46.2 Å². The summed E-state index contributed by atoms with van der Waals surface area (Å²) >= 11 is 0. The monoisotopic (exact) mass is 297 g/mol. The summed E-state index contributed by atoms with van der Waals surface area (Å²) < 4.78 is 33.0. The van der Waals surface area contributed by atoms with E-state index in [1.54, 1.807) is 13.0 Å². The smallest absolute Gasteiger partial charge is 0.332 e. The Hall–Kier alpha value is -2.31. The van der Waals surface area contributed by atoms with Crippen molar-refractivity contribution in [3.05, 3.63) is 46.2 Å². The number of carbonyl (C=O) groups is 1. The summed E-state index contributed by atoms with van der Waals surface area (Å²) in [6, 6.07) is -0.940. The van der Waals surface area contributed by atoms with Crippen molar-refractivity contribution in [2.24, 2.45) is 5.73 Å². The van der Waals surface area contributed by atoms with Crippen LogP contribution >= 0.6 is 0 Å². The molecule has 0 saturated carbocycles. The Morgan fingerprint density at radius 2 is 2.00 bits per heavy atom. The van der Waals surface area contributed by atoms with E-state index in [2.05, 4.69) is 15.4 Å². The van der Waals surface area contributed by atoms with E-state index in [9.17, 15) is 13.6 Å². The molecule has 2 unspecified atom stereocenters. The first kappa shape index (κ1) is 15.1. The average Bonchev–Trinajstić information content (AvgIpc) is 2.45. The van der Waals surface area contributed by atoms with Gasteiger partial charge >= 0.3 is 5.97 Å². The number of methoxy groups -OCH3 is 1. The molecule has 0 aromatic heterocycles. The summed E-state index contributed by atoms with van der Waals surface area (Å²) in [4.78, 5) is 11.7. The lowest BCUT2D eigenvalue weighted by Crippen LogP contribution is -2.44. The summed E-state index contributed by atoms with van der Waals surface area (Å²) in [5.74, 6) is -1.40. The molecule has 2 heterocycles. The summed E-state index contributed by atoms with van der Waals surface area (Å²) in [5.41, 5.74) is 6.33. The second-order valence-corrected chi connectivity index (χ2v) is 4.86. The topological polar surface area (TPSA) is 76.4 Å². The molecule has 114 valence electrons. The maximum atomic E-state index is 14.3. The van der Waals surface area contributed by atoms with Crippen molar-refractivity contribution in [1.29, 1.82) is 0 Å². The fourth-order valence-corrected chi connectivity index (χ4v) is 2.18. The van der Waals surface area contributed by atoms with Crippen LogP contribution < -0.4 is 16.4 Å². The van der Waals surface area contributed by atoms with E-state index in [1.165, 1.54) is 20.1 Å². The first-order chi connectivity index (χ1) is 9.86. The van der Waals surface area contributed by atoms with Crippen LogP contribution in [0, 0.1) is 0 Å². The molecule has 2 rings (SSSR count). The molecule has 0 radical (unpaired) electrons. The Kier molecular flexibility index (Phi) is 4.02. The van der Waals surface area contributed by atoms with Crippen molar-refractivity contribution < 1.29 is 18.3 Å². The molecule has 21 heavy (non-hydrogen) atoms. The highest BCUT2D eigenvalue weighted by Gasteiger charge is 2.34. The Morgan fingerprint density at radius 3 is 2.57 bits per heavy atom. The molecule has 2 aliphatic heterocycles. The Labute approximate surface area is 121 Å². The first-order valence-electron chi connectivity index (χ1n) is 6.37. The lowest BCUT2D eigenvalue weighted by molar-refractivity contribution is -0.141. The van der Waals surface area contributed by atoms with E-state index in [4.69, 9.17) is 5.73 Å². The number of dihydropyridines is 2. The van der Waals surface area contributed by atoms with Crippen molar-refractivity contribution >= 4 is 5.97 Å². The van der Waals surface area contributed by atoms with Crippen LogP contribution in [-0.2, 0) is 9.53 Å². The van der Waals surface area contributed by atoms with Crippen LogP contribution in [-0.4, -0.2) is 25.4 Å². The standard InChI is InChI=1S/C14H17F2N3O2/c1-6-4-5-8(13(16)18-6)12-9(15)10(17)7(2)11(19-12)14(20)21-3/h4-5,11,13,18-19H,17H2,1-3H3. The van der Waals surface area contributed by atoms with Gasteiger partial charge in [-0.25, -0.2) is 13.6 Å². The van der Waals surface area contributed by atoms with E-state index in [1.807, 2.05) is 0 Å². The van der Waals surface area contributed by atoms with Crippen LogP contribution in [0.5, 0.6) is 0 Å². The molecule has 7 heteroatoms. The maximum Gasteiger partial charge on any atom is 0.332 e. The Bertz CT molecular complexity index is 605. The number of halogens is 2. The Morgan fingerprint density at radius 1 is 1.33 bits per heavy atom. The van der Waals surface area contributed by atoms with Gasteiger partial charge in [0, 0.05) is 11.3 Å². The molecule has 0 spiro atoms. The highest BCUT2D eigenvalue weighted by atomic mass is 19.1. The zero-order chi connectivity index (χ0) is 15.7. The molecule has 4 N–H and O–H groups in total. The van der Waals surface area contributed by atoms with E-state index in [-0.39, 0.29) is 17.0 Å². The quantitative estimate of drug-likeness (QED) is 0.529. The van der Waals surface area contributed by atoms with E-state index < -0.39 is 24.1 Å². The van der Waals surface area contributed by atoms with Gasteiger partial charge in [0.05, 0.1) is 18.5 Å². The van der Waals surface area contributed by atoms with Gasteiger partial charge in [0.1, 0.15) is 6.04 Å². The molecule has 0 aliphatic carbocycles. The van der Waals surface area contributed by atoms with Gasteiger partial charge in [-0.1, -0.05) is 6.08 Å². The average molecular weight is 297 g/mol. The molecular formula is C14H17F2N3O2. The molecular weight excluding hydrogens is 280 g/mol. The number of allylic oxidation sites excluding steroid dienone is 4. The van der Waals surface area contributed by atoms with Gasteiger partial charge in [-0.3, -0.25) is 0 Å². The number of ether oxygens (including phenoxy) is 1. The van der Waals surface area contributed by atoms with Gasteiger partial charge < -0.3 is 21.1 Å². The van der Waals surface area contributed by atoms with Crippen molar-refractivity contribution in [1.82, 2.24) is 10.6 Å². The molecule has 2 atom stereocenters. The number of hydrogen-bond donors (Lipinski definition) is 3. The maximum absolute atomic E-state index is 14.3. The second-order valence-electron chi connectivity index (χ2n) is 4.86. The first-order valence-corrected chi connectivity index (χ1v) is 6.37. The van der Waals surface area contributed by atoms with E-state index in [0.717, 1.165) is 0 Å². The van der Waals surface area contributed by atoms with Crippen LogP contribution in [0.1, 0.15) is 13.8 Å². The van der Waals surface area contributed by atoms with Crippen molar-refractivity contribution in [2.45, 2.75) is 26.2 Å². The van der Waals surface area contributed by atoms with Gasteiger partial charge in [0.25, 0.3) is 0 Å². The zero-order valence-electron chi connectivity index (χ0n) is 12.0. The van der Waals surface area contributed by atoms with Crippen molar-refractivity contribution in [3.63, 3.8) is 0 Å². The minimum Gasteiger partial charge on any atom is -0.467 e. The third kappa shape index (κ3) is 2.63. The fraction of sp³-hybridized carbons (Fsp3) is 0.357. The number of rotatable bonds is 2. The van der Waals surface area contributed by atoms with Crippen LogP contribution in [0.25, 0.3) is 0 Å². The minimum atomic E-state index is -1.59. The van der Waals surface area contributed by atoms with Gasteiger partial charge in [-0.05, 0) is 25.5 Å². The third-order valence-corrected chi connectivity index (χ3v) is 3.47. The van der Waals surface area contributed by atoms with E-state index in [0.29, 0.717) is 11.3 Å². The molecule has 0 aromatic carbocycles. The fourth-order valence-electron chi connectivity index (χ4n) is 2.18. The molecule has 0 aromatic rings. The number of hydrogen-bond acceptors (Lipinski definition) is 5. The number of nitrogens with one attached hydrogen (secondary N) is 2. The van der Waals surface area contributed by atoms with Crippen molar-refractivity contribution in [2.75, 3.05) is 7.11 Å². The lowest BCUT2D eigenvalue weighted by Gasteiger charge is -2.30. The van der Waals surface area contributed by atoms with Gasteiger partial charge in [-0.15, -0.1) is 0 Å². The third-order valence-electron chi connectivity index (χ3n) is 3.47. The second kappa shape index (κ2) is 5.59. The molecule has 5 nitrogen and oxygen atoms in total.